The van der Waals surface area contributed by atoms with Gasteiger partial charge in [0, 0.05) is 6.42 Å². The fourth-order valence-corrected chi connectivity index (χ4v) is 5.96. The molecule has 1 aromatic carbocycles. The normalized spacial score (nSPS) is 21.5. The topological polar surface area (TPSA) is 69.6 Å². The highest BCUT2D eigenvalue weighted by Gasteiger charge is 2.33. The first kappa shape index (κ1) is 27.9. The number of methoxy groups -OCH3 is 1. The maximum absolute atomic E-state index is 12.3. The van der Waals surface area contributed by atoms with Gasteiger partial charge < -0.3 is 14.4 Å². The SMILES string of the molecule is COC(=O)CCCCCC[C@@H]1[C@@H](C/C=C/CCCCC[S+]([O-])c2ccc(C)cc2)CC[C@H]1O. The van der Waals surface area contributed by atoms with Gasteiger partial charge in [-0.3, -0.25) is 4.79 Å². The molecule has 1 aromatic rings. The maximum Gasteiger partial charge on any atom is 0.305 e. The zero-order valence-corrected chi connectivity index (χ0v) is 21.5. The van der Waals surface area contributed by atoms with E-state index in [2.05, 4.69) is 16.9 Å². The molecule has 0 heterocycles. The van der Waals surface area contributed by atoms with E-state index < -0.39 is 11.2 Å². The van der Waals surface area contributed by atoms with E-state index in [9.17, 15) is 14.5 Å². The third-order valence-electron chi connectivity index (χ3n) is 6.92. The molecule has 2 rings (SSSR count). The third kappa shape index (κ3) is 11.1. The van der Waals surface area contributed by atoms with Crippen molar-refractivity contribution in [1.29, 1.82) is 0 Å². The number of aliphatic hydroxyl groups is 1. The quantitative estimate of drug-likeness (QED) is 0.128. The highest BCUT2D eigenvalue weighted by molar-refractivity contribution is 7.91. The molecular formula is C28H44O4S. The lowest BCUT2D eigenvalue weighted by Gasteiger charge is -2.21. The molecule has 0 radical (unpaired) electrons. The van der Waals surface area contributed by atoms with Crippen LogP contribution in [0.3, 0.4) is 0 Å². The van der Waals surface area contributed by atoms with Gasteiger partial charge in [-0.2, -0.15) is 0 Å². The molecule has 0 aromatic heterocycles. The summed E-state index contributed by atoms with van der Waals surface area (Å²) in [4.78, 5) is 12.1. The smallest absolute Gasteiger partial charge is 0.305 e. The van der Waals surface area contributed by atoms with Gasteiger partial charge in [-0.25, -0.2) is 0 Å². The molecule has 0 saturated heterocycles. The van der Waals surface area contributed by atoms with E-state index >= 15 is 0 Å². The molecule has 1 aliphatic carbocycles. The van der Waals surface area contributed by atoms with Crippen molar-refractivity contribution in [2.24, 2.45) is 11.8 Å². The predicted octanol–water partition coefficient (Wildman–Crippen LogP) is 6.51. The lowest BCUT2D eigenvalue weighted by Crippen LogP contribution is -2.18. The molecule has 1 fully saturated rings. The molecule has 0 spiro atoms. The van der Waals surface area contributed by atoms with Crippen LogP contribution in [0.1, 0.15) is 89.0 Å². The average molecular weight is 477 g/mol. The van der Waals surface area contributed by atoms with Gasteiger partial charge in [0.1, 0.15) is 5.75 Å². The van der Waals surface area contributed by atoms with Crippen molar-refractivity contribution in [2.75, 3.05) is 12.9 Å². The second-order valence-corrected chi connectivity index (χ2v) is 11.1. The largest absolute Gasteiger partial charge is 0.611 e. The lowest BCUT2D eigenvalue weighted by molar-refractivity contribution is -0.140. The molecule has 1 aliphatic rings. The number of aliphatic hydroxyl groups excluding tert-OH is 1. The van der Waals surface area contributed by atoms with Crippen LogP contribution in [0, 0.1) is 18.8 Å². The van der Waals surface area contributed by atoms with Gasteiger partial charge in [0.25, 0.3) is 0 Å². The molecule has 0 amide bonds. The molecule has 186 valence electrons. The number of ether oxygens (including phenoxy) is 1. The summed E-state index contributed by atoms with van der Waals surface area (Å²) in [7, 11) is 1.44. The third-order valence-corrected chi connectivity index (χ3v) is 8.38. The fraction of sp³-hybridized carbons (Fsp3) is 0.679. The zero-order chi connectivity index (χ0) is 23.9. The number of hydrogen-bond acceptors (Lipinski definition) is 4. The summed E-state index contributed by atoms with van der Waals surface area (Å²) in [5, 5.41) is 10.4. The maximum atomic E-state index is 12.3. The van der Waals surface area contributed by atoms with Crippen LogP contribution in [0.25, 0.3) is 0 Å². The summed E-state index contributed by atoms with van der Waals surface area (Å²) in [6.07, 6.45) is 17.8. The van der Waals surface area contributed by atoms with E-state index in [0.29, 0.717) is 18.3 Å². The number of unbranched alkanes of at least 4 members (excludes halogenated alkanes) is 6. The number of allylic oxidation sites excluding steroid dienone is 2. The molecule has 4 atom stereocenters. The molecular weight excluding hydrogens is 432 g/mol. The van der Waals surface area contributed by atoms with Gasteiger partial charge in [0.15, 0.2) is 4.90 Å². The highest BCUT2D eigenvalue weighted by Crippen LogP contribution is 2.38. The number of hydrogen-bond donors (Lipinski definition) is 1. The first-order valence-corrected chi connectivity index (χ1v) is 14.2. The molecule has 1 saturated carbocycles. The lowest BCUT2D eigenvalue weighted by atomic mass is 9.87. The number of rotatable bonds is 16. The van der Waals surface area contributed by atoms with Gasteiger partial charge in [0.2, 0.25) is 0 Å². The Hall–Kier alpha value is -1.30. The Morgan fingerprint density at radius 1 is 1.06 bits per heavy atom. The summed E-state index contributed by atoms with van der Waals surface area (Å²) in [6.45, 7) is 2.05. The molecule has 0 bridgehead atoms. The number of benzene rings is 1. The minimum Gasteiger partial charge on any atom is -0.611 e. The summed E-state index contributed by atoms with van der Waals surface area (Å²) >= 11 is -0.880. The molecule has 1 N–H and O–H groups in total. The van der Waals surface area contributed by atoms with Crippen molar-refractivity contribution in [3.05, 3.63) is 42.0 Å². The fourth-order valence-electron chi connectivity index (χ4n) is 4.82. The van der Waals surface area contributed by atoms with Crippen LogP contribution >= 0.6 is 0 Å². The van der Waals surface area contributed by atoms with Crippen LogP contribution < -0.4 is 0 Å². The molecule has 4 nitrogen and oxygen atoms in total. The molecule has 0 aliphatic heterocycles. The van der Waals surface area contributed by atoms with Gasteiger partial charge in [0.05, 0.1) is 13.2 Å². The van der Waals surface area contributed by atoms with Crippen LogP contribution in [-0.2, 0) is 20.7 Å². The standard InChI is InChI=1S/C28H44O4S/c1-23-16-19-25(20-17-23)33(31)22-12-8-4-3-5-9-13-24-18-21-27(29)26(24)14-10-6-7-11-15-28(30)32-2/h5,9,16-17,19-20,24,26-27,29H,3-4,6-8,10-15,18,21-22H2,1-2H3/b9-5+/t24-,26+,27+,33?/m0/s1. The van der Waals surface area contributed by atoms with E-state index in [1.807, 2.05) is 31.2 Å². The van der Waals surface area contributed by atoms with Gasteiger partial charge in [-0.05, 0) is 99.9 Å². The summed E-state index contributed by atoms with van der Waals surface area (Å²) in [5.41, 5.74) is 1.20. The van der Waals surface area contributed by atoms with E-state index in [4.69, 9.17) is 0 Å². The zero-order valence-electron chi connectivity index (χ0n) is 20.7. The Balaban J connectivity index is 1.53. The predicted molar refractivity (Wildman–Crippen MR) is 137 cm³/mol. The van der Waals surface area contributed by atoms with E-state index in [0.717, 1.165) is 87.7 Å². The van der Waals surface area contributed by atoms with Crippen LogP contribution in [0.15, 0.2) is 41.3 Å². The second kappa shape index (κ2) is 16.3. The van der Waals surface area contributed by atoms with Crippen LogP contribution in [-0.4, -0.2) is 34.6 Å². The van der Waals surface area contributed by atoms with Crippen molar-refractivity contribution in [3.63, 3.8) is 0 Å². The van der Waals surface area contributed by atoms with Crippen molar-refractivity contribution in [1.82, 2.24) is 0 Å². The van der Waals surface area contributed by atoms with E-state index in [1.165, 1.54) is 12.7 Å². The van der Waals surface area contributed by atoms with Crippen molar-refractivity contribution < 1.29 is 19.2 Å². The Bertz CT molecular complexity index is 688. The Morgan fingerprint density at radius 3 is 2.55 bits per heavy atom. The Kier molecular flexibility index (Phi) is 13.8. The summed E-state index contributed by atoms with van der Waals surface area (Å²) in [5.74, 6) is 1.65. The van der Waals surface area contributed by atoms with Crippen molar-refractivity contribution in [2.45, 2.75) is 101 Å². The first-order chi connectivity index (χ1) is 16.0. The van der Waals surface area contributed by atoms with Gasteiger partial charge in [-0.1, -0.05) is 49.1 Å². The summed E-state index contributed by atoms with van der Waals surface area (Å²) < 4.78 is 17.0. The number of aryl methyl sites for hydroxylation is 1. The number of carbonyl (C=O) groups is 1. The monoisotopic (exact) mass is 476 g/mol. The van der Waals surface area contributed by atoms with Crippen LogP contribution in [0.5, 0.6) is 0 Å². The first-order valence-electron chi connectivity index (χ1n) is 12.9. The van der Waals surface area contributed by atoms with E-state index in [1.54, 1.807) is 0 Å². The van der Waals surface area contributed by atoms with Crippen LogP contribution in [0.4, 0.5) is 0 Å². The van der Waals surface area contributed by atoms with E-state index in [-0.39, 0.29) is 12.1 Å². The second-order valence-electron chi connectivity index (χ2n) is 9.52. The highest BCUT2D eigenvalue weighted by atomic mass is 32.2. The average Bonchev–Trinajstić information content (AvgIpc) is 3.17. The Labute approximate surface area is 204 Å². The number of carbonyl (C=O) groups excluding carboxylic acids is 1. The van der Waals surface area contributed by atoms with Gasteiger partial charge in [-0.15, -0.1) is 0 Å². The number of esters is 1. The van der Waals surface area contributed by atoms with Crippen LogP contribution in [0.2, 0.25) is 0 Å². The molecule has 5 heteroatoms. The molecule has 33 heavy (non-hydrogen) atoms. The Morgan fingerprint density at radius 2 is 1.79 bits per heavy atom. The molecule has 1 unspecified atom stereocenters. The van der Waals surface area contributed by atoms with Gasteiger partial charge >= 0.3 is 5.97 Å². The summed E-state index contributed by atoms with van der Waals surface area (Å²) in [6, 6.07) is 8.01. The minimum atomic E-state index is -0.880. The van der Waals surface area contributed by atoms with Crippen molar-refractivity contribution >= 4 is 17.1 Å². The minimum absolute atomic E-state index is 0.120. The van der Waals surface area contributed by atoms with Crippen molar-refractivity contribution in [3.8, 4) is 0 Å².